The Morgan fingerprint density at radius 1 is 1.36 bits per heavy atom. The Balaban J connectivity index is 2.34. The Morgan fingerprint density at radius 3 is 2.50 bits per heavy atom. The minimum atomic E-state index is -0.990. The average Bonchev–Trinajstić information content (AvgIpc) is 2.10. The summed E-state index contributed by atoms with van der Waals surface area (Å²) in [5.41, 5.74) is 0. The van der Waals surface area contributed by atoms with Gasteiger partial charge in [0, 0.05) is 0 Å². The van der Waals surface area contributed by atoms with Crippen molar-refractivity contribution in [3.63, 3.8) is 0 Å². The van der Waals surface area contributed by atoms with Crippen LogP contribution in [0.5, 0.6) is 0 Å². The smallest absolute Gasteiger partial charge is 0.126 e. The van der Waals surface area contributed by atoms with Crippen molar-refractivity contribution in [2.75, 3.05) is 0 Å². The van der Waals surface area contributed by atoms with Crippen LogP contribution in [0.15, 0.2) is 0 Å². The van der Waals surface area contributed by atoms with E-state index in [0.29, 0.717) is 18.3 Å². The molecule has 0 spiro atoms. The molecule has 2 heteroatoms. The summed E-state index contributed by atoms with van der Waals surface area (Å²) >= 11 is 0. The van der Waals surface area contributed by atoms with Crippen LogP contribution in [0.2, 0.25) is 0 Å². The largest absolute Gasteiger partial charge is 0.390 e. The maximum Gasteiger partial charge on any atom is 0.126 e. The third kappa shape index (κ3) is 3.23. The summed E-state index contributed by atoms with van der Waals surface area (Å²) in [4.78, 5) is 0. The predicted octanol–water partition coefficient (Wildman–Crippen LogP) is 3.17. The van der Waals surface area contributed by atoms with Crippen LogP contribution in [0.3, 0.4) is 0 Å². The van der Waals surface area contributed by atoms with E-state index in [-0.39, 0.29) is 5.92 Å². The summed E-state index contributed by atoms with van der Waals surface area (Å²) in [5.74, 6) is 1.33. The zero-order valence-corrected chi connectivity index (χ0v) is 9.54. The van der Waals surface area contributed by atoms with Gasteiger partial charge in [0.15, 0.2) is 0 Å². The fourth-order valence-corrected chi connectivity index (χ4v) is 2.38. The van der Waals surface area contributed by atoms with Crippen molar-refractivity contribution in [3.05, 3.63) is 0 Å². The third-order valence-corrected chi connectivity index (χ3v) is 3.37. The van der Waals surface area contributed by atoms with Crippen molar-refractivity contribution >= 4 is 0 Å². The van der Waals surface area contributed by atoms with E-state index in [4.69, 9.17) is 0 Å². The van der Waals surface area contributed by atoms with Crippen molar-refractivity contribution in [2.45, 2.75) is 58.7 Å². The summed E-state index contributed by atoms with van der Waals surface area (Å²) in [6.07, 6.45) is 2.16. The lowest BCUT2D eigenvalue weighted by Gasteiger charge is -2.34. The van der Waals surface area contributed by atoms with Crippen LogP contribution in [0, 0.1) is 17.8 Å². The third-order valence-electron chi connectivity index (χ3n) is 3.37. The van der Waals surface area contributed by atoms with Gasteiger partial charge in [-0.3, -0.25) is 0 Å². The summed E-state index contributed by atoms with van der Waals surface area (Å²) in [7, 11) is 0. The Morgan fingerprint density at radius 2 is 2.00 bits per heavy atom. The molecule has 0 aromatic rings. The number of aliphatic hydroxyl groups is 1. The van der Waals surface area contributed by atoms with Gasteiger partial charge in [-0.05, 0) is 30.6 Å². The number of alkyl halides is 1. The minimum Gasteiger partial charge on any atom is -0.390 e. The molecule has 1 fully saturated rings. The Labute approximate surface area is 86.7 Å². The monoisotopic (exact) mass is 202 g/mol. The van der Waals surface area contributed by atoms with Crippen LogP contribution in [-0.4, -0.2) is 17.4 Å². The van der Waals surface area contributed by atoms with E-state index < -0.39 is 12.3 Å². The number of hydrogen-bond donors (Lipinski definition) is 1. The maximum atomic E-state index is 13.4. The van der Waals surface area contributed by atoms with Gasteiger partial charge in [-0.15, -0.1) is 0 Å². The molecule has 0 aromatic heterocycles. The molecular formula is C12H23FO. The molecule has 4 atom stereocenters. The van der Waals surface area contributed by atoms with Gasteiger partial charge in [0.05, 0.1) is 6.10 Å². The van der Waals surface area contributed by atoms with Crippen molar-refractivity contribution in [2.24, 2.45) is 17.8 Å². The topological polar surface area (TPSA) is 20.2 Å². The second kappa shape index (κ2) is 5.11. The lowest BCUT2D eigenvalue weighted by molar-refractivity contribution is -0.0166. The van der Waals surface area contributed by atoms with E-state index in [0.717, 1.165) is 12.8 Å². The molecule has 1 N–H and O–H groups in total. The zero-order valence-electron chi connectivity index (χ0n) is 9.54. The van der Waals surface area contributed by atoms with Gasteiger partial charge < -0.3 is 5.11 Å². The molecule has 0 saturated heterocycles. The van der Waals surface area contributed by atoms with Gasteiger partial charge in [-0.1, -0.05) is 33.6 Å². The van der Waals surface area contributed by atoms with Gasteiger partial charge in [-0.2, -0.15) is 0 Å². The predicted molar refractivity (Wildman–Crippen MR) is 56.9 cm³/mol. The quantitative estimate of drug-likeness (QED) is 0.745. The molecule has 84 valence electrons. The first-order chi connectivity index (χ1) is 6.50. The summed E-state index contributed by atoms with van der Waals surface area (Å²) < 4.78 is 13.4. The van der Waals surface area contributed by atoms with Crippen LogP contribution in [0.1, 0.15) is 46.5 Å². The molecule has 1 rings (SSSR count). The highest BCUT2D eigenvalue weighted by Gasteiger charge is 2.33. The molecule has 1 aliphatic rings. The number of rotatable bonds is 3. The Hall–Kier alpha value is -0.110. The van der Waals surface area contributed by atoms with E-state index in [1.54, 1.807) is 0 Å². The van der Waals surface area contributed by atoms with Crippen LogP contribution < -0.4 is 0 Å². The Bertz CT molecular complexity index is 158. The molecule has 0 amide bonds. The van der Waals surface area contributed by atoms with Gasteiger partial charge >= 0.3 is 0 Å². The van der Waals surface area contributed by atoms with E-state index in [9.17, 15) is 9.50 Å². The summed E-state index contributed by atoms with van der Waals surface area (Å²) in [5, 5.41) is 9.47. The van der Waals surface area contributed by atoms with Crippen LogP contribution >= 0.6 is 0 Å². The van der Waals surface area contributed by atoms with Crippen molar-refractivity contribution in [3.8, 4) is 0 Å². The van der Waals surface area contributed by atoms with E-state index in [1.165, 1.54) is 6.42 Å². The fraction of sp³-hybridized carbons (Fsp3) is 1.00. The number of halogens is 1. The molecule has 0 heterocycles. The SMILES string of the molecule is CC(C)CCC1CC(C)C(O)C(F)C1. The minimum absolute atomic E-state index is 0.135. The second-order valence-electron chi connectivity index (χ2n) is 5.29. The lowest BCUT2D eigenvalue weighted by Crippen LogP contribution is -2.37. The Kier molecular flexibility index (Phi) is 4.36. The van der Waals surface area contributed by atoms with Gasteiger partial charge in [0.1, 0.15) is 6.17 Å². The fourth-order valence-electron chi connectivity index (χ4n) is 2.38. The highest BCUT2D eigenvalue weighted by Crippen LogP contribution is 2.34. The summed E-state index contributed by atoms with van der Waals surface area (Å²) in [6.45, 7) is 6.36. The molecule has 1 aliphatic carbocycles. The first-order valence-corrected chi connectivity index (χ1v) is 5.82. The van der Waals surface area contributed by atoms with Crippen molar-refractivity contribution in [1.82, 2.24) is 0 Å². The van der Waals surface area contributed by atoms with Crippen molar-refractivity contribution in [1.29, 1.82) is 0 Å². The molecule has 0 aromatic carbocycles. The zero-order chi connectivity index (χ0) is 10.7. The average molecular weight is 202 g/mol. The molecule has 1 saturated carbocycles. The van der Waals surface area contributed by atoms with Gasteiger partial charge in [0.25, 0.3) is 0 Å². The highest BCUT2D eigenvalue weighted by molar-refractivity contribution is 4.84. The van der Waals surface area contributed by atoms with E-state index in [2.05, 4.69) is 13.8 Å². The van der Waals surface area contributed by atoms with Crippen molar-refractivity contribution < 1.29 is 9.50 Å². The molecule has 0 radical (unpaired) electrons. The van der Waals surface area contributed by atoms with Gasteiger partial charge in [-0.25, -0.2) is 4.39 Å². The molecule has 0 bridgehead atoms. The highest BCUT2D eigenvalue weighted by atomic mass is 19.1. The number of aliphatic hydroxyl groups excluding tert-OH is 1. The molecule has 4 unspecified atom stereocenters. The molecule has 1 nitrogen and oxygen atoms in total. The van der Waals surface area contributed by atoms with Gasteiger partial charge in [0.2, 0.25) is 0 Å². The van der Waals surface area contributed by atoms with Crippen LogP contribution in [0.4, 0.5) is 4.39 Å². The molecule has 0 aliphatic heterocycles. The van der Waals surface area contributed by atoms with E-state index >= 15 is 0 Å². The standard InChI is InChI=1S/C12H23FO/c1-8(2)4-5-10-6-9(3)12(14)11(13)7-10/h8-12,14H,4-7H2,1-3H3. The second-order valence-corrected chi connectivity index (χ2v) is 5.29. The summed E-state index contributed by atoms with van der Waals surface area (Å²) in [6, 6.07) is 0. The first kappa shape index (κ1) is 12.0. The maximum absolute atomic E-state index is 13.4. The van der Waals surface area contributed by atoms with Crippen LogP contribution in [0.25, 0.3) is 0 Å². The molecule has 14 heavy (non-hydrogen) atoms. The lowest BCUT2D eigenvalue weighted by atomic mass is 9.77. The molecular weight excluding hydrogens is 179 g/mol. The number of hydrogen-bond acceptors (Lipinski definition) is 1. The van der Waals surface area contributed by atoms with Crippen LogP contribution in [-0.2, 0) is 0 Å². The van der Waals surface area contributed by atoms with E-state index in [1.807, 2.05) is 6.92 Å². The normalized spacial score (nSPS) is 39.0. The first-order valence-electron chi connectivity index (χ1n) is 5.82.